The van der Waals surface area contributed by atoms with Crippen molar-refractivity contribution in [3.63, 3.8) is 0 Å². The van der Waals surface area contributed by atoms with Crippen LogP contribution in [0.1, 0.15) is 24.1 Å². The Morgan fingerprint density at radius 1 is 1.19 bits per heavy atom. The predicted molar refractivity (Wildman–Crippen MR) is 94.1 cm³/mol. The van der Waals surface area contributed by atoms with E-state index in [1.165, 1.54) is 36.2 Å². The molecular formula is C20H18FNO4. The van der Waals surface area contributed by atoms with Crippen molar-refractivity contribution in [1.29, 1.82) is 0 Å². The van der Waals surface area contributed by atoms with Crippen LogP contribution in [0.3, 0.4) is 0 Å². The van der Waals surface area contributed by atoms with Crippen LogP contribution in [0.4, 0.5) is 4.39 Å². The van der Waals surface area contributed by atoms with E-state index in [4.69, 9.17) is 4.74 Å². The van der Waals surface area contributed by atoms with Gasteiger partial charge >= 0.3 is 0 Å². The first-order chi connectivity index (χ1) is 12.4. The highest BCUT2D eigenvalue weighted by molar-refractivity contribution is 6.46. The van der Waals surface area contributed by atoms with E-state index in [-0.39, 0.29) is 16.9 Å². The molecule has 1 fully saturated rings. The third-order valence-electron chi connectivity index (χ3n) is 4.28. The largest absolute Gasteiger partial charge is 0.507 e. The number of aliphatic hydroxyl groups is 1. The quantitative estimate of drug-likeness (QED) is 0.519. The lowest BCUT2D eigenvalue weighted by Crippen LogP contribution is -2.24. The number of halogens is 1. The van der Waals surface area contributed by atoms with Crippen LogP contribution in [-0.4, -0.2) is 35.4 Å². The number of aliphatic hydroxyl groups excluding tert-OH is 1. The number of hydrogen-bond donors (Lipinski definition) is 1. The lowest BCUT2D eigenvalue weighted by Gasteiger charge is -2.21. The van der Waals surface area contributed by atoms with Gasteiger partial charge in [-0.05, 0) is 48.9 Å². The zero-order valence-corrected chi connectivity index (χ0v) is 14.4. The van der Waals surface area contributed by atoms with Crippen LogP contribution in [0, 0.1) is 5.82 Å². The summed E-state index contributed by atoms with van der Waals surface area (Å²) in [6.45, 7) is 2.33. The molecule has 1 aliphatic heterocycles. The lowest BCUT2D eigenvalue weighted by atomic mass is 9.95. The van der Waals surface area contributed by atoms with E-state index in [1.54, 1.807) is 24.3 Å². The Morgan fingerprint density at radius 2 is 1.88 bits per heavy atom. The Hall–Kier alpha value is -3.15. The molecule has 0 bridgehead atoms. The maximum Gasteiger partial charge on any atom is 0.295 e. The maximum absolute atomic E-state index is 13.1. The molecule has 1 amide bonds. The standard InChI is InChI=1S/C20H18FNO4/c1-3-26-15-6-4-5-13(11-15)17-16(19(24)20(25)22(17)2)18(23)12-7-9-14(21)10-8-12/h4-11,17,23H,3H2,1-2H3/b18-16+. The summed E-state index contributed by atoms with van der Waals surface area (Å²) in [6.07, 6.45) is 0. The summed E-state index contributed by atoms with van der Waals surface area (Å²) >= 11 is 0. The van der Waals surface area contributed by atoms with Gasteiger partial charge in [0.15, 0.2) is 0 Å². The van der Waals surface area contributed by atoms with Crippen molar-refractivity contribution in [2.24, 2.45) is 0 Å². The molecule has 0 saturated carbocycles. The van der Waals surface area contributed by atoms with Gasteiger partial charge in [-0.3, -0.25) is 9.59 Å². The molecule has 0 spiro atoms. The summed E-state index contributed by atoms with van der Waals surface area (Å²) < 4.78 is 18.6. The highest BCUT2D eigenvalue weighted by Crippen LogP contribution is 2.39. The first-order valence-corrected chi connectivity index (χ1v) is 8.17. The second-order valence-corrected chi connectivity index (χ2v) is 5.92. The molecule has 1 N–H and O–H groups in total. The Balaban J connectivity index is 2.13. The van der Waals surface area contributed by atoms with E-state index in [1.807, 2.05) is 6.92 Å². The van der Waals surface area contributed by atoms with Gasteiger partial charge in [0.25, 0.3) is 11.7 Å². The molecule has 1 atom stereocenters. The van der Waals surface area contributed by atoms with E-state index in [0.29, 0.717) is 17.9 Å². The zero-order valence-electron chi connectivity index (χ0n) is 14.4. The summed E-state index contributed by atoms with van der Waals surface area (Å²) in [7, 11) is 1.50. The normalized spacial score (nSPS) is 19.0. The molecule has 1 unspecified atom stereocenters. The van der Waals surface area contributed by atoms with E-state index >= 15 is 0 Å². The van der Waals surface area contributed by atoms with Crippen LogP contribution in [-0.2, 0) is 9.59 Å². The number of ketones is 1. The van der Waals surface area contributed by atoms with E-state index in [0.717, 1.165) is 0 Å². The number of likely N-dealkylation sites (tertiary alicyclic amines) is 1. The molecule has 3 rings (SSSR count). The van der Waals surface area contributed by atoms with Gasteiger partial charge in [0, 0.05) is 12.6 Å². The first kappa shape index (κ1) is 17.7. The Morgan fingerprint density at radius 3 is 2.54 bits per heavy atom. The van der Waals surface area contributed by atoms with Crippen molar-refractivity contribution in [3.8, 4) is 5.75 Å². The molecule has 0 aliphatic carbocycles. The van der Waals surface area contributed by atoms with Crippen LogP contribution in [0.25, 0.3) is 5.76 Å². The van der Waals surface area contributed by atoms with Gasteiger partial charge in [-0.2, -0.15) is 0 Å². The fourth-order valence-corrected chi connectivity index (χ4v) is 3.04. The molecule has 5 nitrogen and oxygen atoms in total. The molecule has 134 valence electrons. The molecule has 1 aliphatic rings. The van der Waals surface area contributed by atoms with Crippen molar-refractivity contribution in [1.82, 2.24) is 4.90 Å². The fraction of sp³-hybridized carbons (Fsp3) is 0.200. The number of hydrogen-bond acceptors (Lipinski definition) is 4. The molecule has 6 heteroatoms. The van der Waals surface area contributed by atoms with Crippen molar-refractivity contribution in [2.45, 2.75) is 13.0 Å². The summed E-state index contributed by atoms with van der Waals surface area (Å²) in [4.78, 5) is 26.0. The summed E-state index contributed by atoms with van der Waals surface area (Å²) in [5.74, 6) is -1.68. The van der Waals surface area contributed by atoms with Crippen molar-refractivity contribution in [2.75, 3.05) is 13.7 Å². The number of carbonyl (C=O) groups excluding carboxylic acids is 2. The molecule has 26 heavy (non-hydrogen) atoms. The number of nitrogens with zero attached hydrogens (tertiary/aromatic N) is 1. The van der Waals surface area contributed by atoms with Gasteiger partial charge < -0.3 is 14.7 Å². The molecule has 2 aromatic carbocycles. The number of carbonyl (C=O) groups is 2. The average molecular weight is 355 g/mol. The molecule has 2 aromatic rings. The van der Waals surface area contributed by atoms with Crippen LogP contribution in [0.2, 0.25) is 0 Å². The smallest absolute Gasteiger partial charge is 0.295 e. The fourth-order valence-electron chi connectivity index (χ4n) is 3.04. The summed E-state index contributed by atoms with van der Waals surface area (Å²) in [5.41, 5.74) is 0.878. The van der Waals surface area contributed by atoms with Crippen LogP contribution in [0.5, 0.6) is 5.75 Å². The summed E-state index contributed by atoms with van der Waals surface area (Å²) in [5, 5.41) is 10.6. The maximum atomic E-state index is 13.1. The van der Waals surface area contributed by atoms with Crippen LogP contribution >= 0.6 is 0 Å². The van der Waals surface area contributed by atoms with Gasteiger partial charge in [-0.15, -0.1) is 0 Å². The number of benzene rings is 2. The SMILES string of the molecule is CCOc1cccc(C2/C(=C(\O)c3ccc(F)cc3)C(=O)C(=O)N2C)c1. The van der Waals surface area contributed by atoms with Gasteiger partial charge in [0.05, 0.1) is 18.2 Å². The second-order valence-electron chi connectivity index (χ2n) is 5.92. The minimum atomic E-state index is -0.777. The minimum absolute atomic E-state index is 0.0299. The third kappa shape index (κ3) is 3.06. The Labute approximate surface area is 150 Å². The number of likely N-dealkylation sites (N-methyl/N-ethyl adjacent to an activating group) is 1. The van der Waals surface area contributed by atoms with Gasteiger partial charge in [-0.25, -0.2) is 4.39 Å². The summed E-state index contributed by atoms with van der Waals surface area (Å²) in [6, 6.07) is 11.4. The Bertz CT molecular complexity index is 889. The average Bonchev–Trinajstić information content (AvgIpc) is 2.86. The van der Waals surface area contributed by atoms with Gasteiger partial charge in [-0.1, -0.05) is 12.1 Å². The van der Waals surface area contributed by atoms with Gasteiger partial charge in [0.2, 0.25) is 0 Å². The molecule has 1 saturated heterocycles. The van der Waals surface area contributed by atoms with Crippen LogP contribution in [0.15, 0.2) is 54.1 Å². The molecular weight excluding hydrogens is 337 g/mol. The molecule has 1 heterocycles. The Kier molecular flexibility index (Phi) is 4.75. The highest BCUT2D eigenvalue weighted by Gasteiger charge is 2.44. The monoisotopic (exact) mass is 355 g/mol. The van der Waals surface area contributed by atoms with Crippen molar-refractivity contribution in [3.05, 3.63) is 71.0 Å². The zero-order chi connectivity index (χ0) is 18.8. The van der Waals surface area contributed by atoms with E-state index < -0.39 is 23.5 Å². The first-order valence-electron chi connectivity index (χ1n) is 8.17. The highest BCUT2D eigenvalue weighted by atomic mass is 19.1. The topological polar surface area (TPSA) is 66.8 Å². The number of ether oxygens (including phenoxy) is 1. The van der Waals surface area contributed by atoms with Crippen molar-refractivity contribution >= 4 is 17.4 Å². The third-order valence-corrected chi connectivity index (χ3v) is 4.28. The number of Topliss-reactive ketones (excluding diaryl/α,β-unsaturated/α-hetero) is 1. The minimum Gasteiger partial charge on any atom is -0.507 e. The number of rotatable bonds is 4. The van der Waals surface area contributed by atoms with Crippen molar-refractivity contribution < 1.29 is 23.8 Å². The predicted octanol–water partition coefficient (Wildman–Crippen LogP) is 3.28. The molecule has 0 radical (unpaired) electrons. The van der Waals surface area contributed by atoms with E-state index in [9.17, 15) is 19.1 Å². The molecule has 0 aromatic heterocycles. The van der Waals surface area contributed by atoms with Gasteiger partial charge in [0.1, 0.15) is 17.3 Å². The lowest BCUT2D eigenvalue weighted by molar-refractivity contribution is -0.139. The van der Waals surface area contributed by atoms with Crippen LogP contribution < -0.4 is 4.74 Å². The number of amides is 1. The second kappa shape index (κ2) is 7.00. The van der Waals surface area contributed by atoms with E-state index in [2.05, 4.69) is 0 Å².